The molecule has 0 N–H and O–H groups in total. The summed E-state index contributed by atoms with van der Waals surface area (Å²) in [6, 6.07) is 8.02. The van der Waals surface area contributed by atoms with E-state index in [2.05, 4.69) is 12.6 Å². The SMILES string of the molecule is C=CCc1cccc(OCCOC)c1. The zero-order valence-electron chi connectivity index (χ0n) is 8.53. The lowest BCUT2D eigenvalue weighted by atomic mass is 10.1. The average Bonchev–Trinajstić information content (AvgIpc) is 2.19. The summed E-state index contributed by atoms with van der Waals surface area (Å²) < 4.78 is 10.4. The van der Waals surface area contributed by atoms with Gasteiger partial charge in [-0.1, -0.05) is 18.2 Å². The molecule has 0 radical (unpaired) electrons. The lowest BCUT2D eigenvalue weighted by molar-refractivity contribution is 0.146. The molecule has 76 valence electrons. The van der Waals surface area contributed by atoms with E-state index in [-0.39, 0.29) is 0 Å². The maximum Gasteiger partial charge on any atom is 0.119 e. The van der Waals surface area contributed by atoms with Gasteiger partial charge in [0.25, 0.3) is 0 Å². The Morgan fingerprint density at radius 1 is 1.36 bits per heavy atom. The van der Waals surface area contributed by atoms with Crippen molar-refractivity contribution in [1.29, 1.82) is 0 Å². The fraction of sp³-hybridized carbons (Fsp3) is 0.333. The van der Waals surface area contributed by atoms with Crippen LogP contribution in [0.4, 0.5) is 0 Å². The van der Waals surface area contributed by atoms with Crippen LogP contribution < -0.4 is 4.74 Å². The highest BCUT2D eigenvalue weighted by molar-refractivity contribution is 5.29. The Kier molecular flexibility index (Phi) is 4.79. The van der Waals surface area contributed by atoms with Crippen LogP contribution in [0.25, 0.3) is 0 Å². The molecule has 0 atom stereocenters. The largest absolute Gasteiger partial charge is 0.491 e. The molecule has 0 spiro atoms. The third-order valence-electron chi connectivity index (χ3n) is 1.83. The molecule has 1 aromatic rings. The van der Waals surface area contributed by atoms with Gasteiger partial charge < -0.3 is 9.47 Å². The van der Waals surface area contributed by atoms with Crippen LogP contribution in [0, 0.1) is 0 Å². The van der Waals surface area contributed by atoms with E-state index in [0.717, 1.165) is 12.2 Å². The van der Waals surface area contributed by atoms with Gasteiger partial charge in [0.05, 0.1) is 6.61 Å². The summed E-state index contributed by atoms with van der Waals surface area (Å²) in [5.74, 6) is 0.890. The first kappa shape index (κ1) is 10.8. The number of benzene rings is 1. The highest BCUT2D eigenvalue weighted by Crippen LogP contribution is 2.13. The molecule has 0 aliphatic carbocycles. The van der Waals surface area contributed by atoms with Crippen molar-refractivity contribution in [1.82, 2.24) is 0 Å². The van der Waals surface area contributed by atoms with Crippen molar-refractivity contribution >= 4 is 0 Å². The van der Waals surface area contributed by atoms with E-state index in [1.54, 1.807) is 7.11 Å². The van der Waals surface area contributed by atoms with Gasteiger partial charge in [-0.2, -0.15) is 0 Å². The van der Waals surface area contributed by atoms with Crippen LogP contribution in [0.3, 0.4) is 0 Å². The first-order valence-corrected chi connectivity index (χ1v) is 4.68. The number of hydrogen-bond acceptors (Lipinski definition) is 2. The molecule has 0 unspecified atom stereocenters. The van der Waals surface area contributed by atoms with Gasteiger partial charge in [0.1, 0.15) is 12.4 Å². The fourth-order valence-corrected chi connectivity index (χ4v) is 1.17. The van der Waals surface area contributed by atoms with Gasteiger partial charge in [0.2, 0.25) is 0 Å². The first-order valence-electron chi connectivity index (χ1n) is 4.68. The molecule has 1 aromatic carbocycles. The molecule has 0 aromatic heterocycles. The van der Waals surface area contributed by atoms with Crippen molar-refractivity contribution in [3.05, 3.63) is 42.5 Å². The van der Waals surface area contributed by atoms with Gasteiger partial charge in [-0.05, 0) is 24.1 Å². The molecule has 0 aliphatic heterocycles. The second-order valence-electron chi connectivity index (χ2n) is 2.98. The first-order chi connectivity index (χ1) is 6.86. The van der Waals surface area contributed by atoms with Crippen molar-refractivity contribution in [2.45, 2.75) is 6.42 Å². The second-order valence-corrected chi connectivity index (χ2v) is 2.98. The summed E-state index contributed by atoms with van der Waals surface area (Å²) in [4.78, 5) is 0. The van der Waals surface area contributed by atoms with Crippen molar-refractivity contribution in [2.75, 3.05) is 20.3 Å². The van der Waals surface area contributed by atoms with E-state index in [0.29, 0.717) is 13.2 Å². The van der Waals surface area contributed by atoms with Crippen LogP contribution in [0.1, 0.15) is 5.56 Å². The van der Waals surface area contributed by atoms with Crippen molar-refractivity contribution in [2.24, 2.45) is 0 Å². The summed E-state index contributed by atoms with van der Waals surface area (Å²) in [7, 11) is 1.66. The van der Waals surface area contributed by atoms with E-state index in [1.807, 2.05) is 24.3 Å². The van der Waals surface area contributed by atoms with Crippen LogP contribution in [-0.2, 0) is 11.2 Å². The number of hydrogen-bond donors (Lipinski definition) is 0. The Morgan fingerprint density at radius 3 is 2.93 bits per heavy atom. The Hall–Kier alpha value is -1.28. The van der Waals surface area contributed by atoms with Crippen LogP contribution in [0.2, 0.25) is 0 Å². The summed E-state index contributed by atoms with van der Waals surface area (Å²) in [5, 5.41) is 0. The molecule has 2 nitrogen and oxygen atoms in total. The lowest BCUT2D eigenvalue weighted by Crippen LogP contribution is -2.04. The van der Waals surface area contributed by atoms with Crippen molar-refractivity contribution < 1.29 is 9.47 Å². The molecule has 0 bridgehead atoms. The van der Waals surface area contributed by atoms with E-state index < -0.39 is 0 Å². The summed E-state index contributed by atoms with van der Waals surface area (Å²) in [6.07, 6.45) is 2.76. The summed E-state index contributed by atoms with van der Waals surface area (Å²) in [6.45, 7) is 4.91. The average molecular weight is 192 g/mol. The molecule has 1 rings (SSSR count). The molecular formula is C12H16O2. The smallest absolute Gasteiger partial charge is 0.119 e. The predicted octanol–water partition coefficient (Wildman–Crippen LogP) is 2.44. The molecule has 0 aliphatic rings. The van der Waals surface area contributed by atoms with E-state index >= 15 is 0 Å². The van der Waals surface area contributed by atoms with Gasteiger partial charge in [0, 0.05) is 7.11 Å². The molecule has 0 saturated carbocycles. The van der Waals surface area contributed by atoms with Gasteiger partial charge in [-0.3, -0.25) is 0 Å². The van der Waals surface area contributed by atoms with Gasteiger partial charge in [-0.25, -0.2) is 0 Å². The normalized spacial score (nSPS) is 9.79. The van der Waals surface area contributed by atoms with Gasteiger partial charge in [-0.15, -0.1) is 6.58 Å². The number of methoxy groups -OCH3 is 1. The number of rotatable bonds is 6. The molecule has 0 heterocycles. The lowest BCUT2D eigenvalue weighted by Gasteiger charge is -2.06. The molecular weight excluding hydrogens is 176 g/mol. The Morgan fingerprint density at radius 2 is 2.21 bits per heavy atom. The molecule has 0 fully saturated rings. The van der Waals surface area contributed by atoms with Crippen LogP contribution in [0.5, 0.6) is 5.75 Å². The van der Waals surface area contributed by atoms with Gasteiger partial charge >= 0.3 is 0 Å². The molecule has 0 amide bonds. The summed E-state index contributed by atoms with van der Waals surface area (Å²) in [5.41, 5.74) is 1.22. The molecule has 0 saturated heterocycles. The zero-order chi connectivity index (χ0) is 10.2. The third-order valence-corrected chi connectivity index (χ3v) is 1.83. The van der Waals surface area contributed by atoms with Crippen molar-refractivity contribution in [3.8, 4) is 5.75 Å². The minimum absolute atomic E-state index is 0.591. The standard InChI is InChI=1S/C12H16O2/c1-3-5-11-6-4-7-12(10-11)14-9-8-13-2/h3-4,6-7,10H,1,5,8-9H2,2H3. The van der Waals surface area contributed by atoms with Crippen LogP contribution in [-0.4, -0.2) is 20.3 Å². The minimum Gasteiger partial charge on any atom is -0.491 e. The van der Waals surface area contributed by atoms with E-state index in [9.17, 15) is 0 Å². The van der Waals surface area contributed by atoms with E-state index in [4.69, 9.17) is 9.47 Å². The Balaban J connectivity index is 2.50. The second kappa shape index (κ2) is 6.22. The highest BCUT2D eigenvalue weighted by Gasteiger charge is 1.94. The van der Waals surface area contributed by atoms with Gasteiger partial charge in [0.15, 0.2) is 0 Å². The fourth-order valence-electron chi connectivity index (χ4n) is 1.17. The molecule has 2 heteroatoms. The van der Waals surface area contributed by atoms with Crippen molar-refractivity contribution in [3.63, 3.8) is 0 Å². The van der Waals surface area contributed by atoms with Crippen LogP contribution in [0.15, 0.2) is 36.9 Å². The van der Waals surface area contributed by atoms with Crippen LogP contribution >= 0.6 is 0 Å². The quantitative estimate of drug-likeness (QED) is 0.509. The zero-order valence-corrected chi connectivity index (χ0v) is 8.53. The predicted molar refractivity (Wildman–Crippen MR) is 57.7 cm³/mol. The third kappa shape index (κ3) is 3.62. The Bertz CT molecular complexity index is 281. The maximum atomic E-state index is 5.47. The molecule has 14 heavy (non-hydrogen) atoms. The number of ether oxygens (including phenoxy) is 2. The monoisotopic (exact) mass is 192 g/mol. The Labute approximate surface area is 85.2 Å². The minimum atomic E-state index is 0.591. The highest BCUT2D eigenvalue weighted by atomic mass is 16.5. The number of allylic oxidation sites excluding steroid dienone is 1. The van der Waals surface area contributed by atoms with E-state index in [1.165, 1.54) is 5.56 Å². The topological polar surface area (TPSA) is 18.5 Å². The summed E-state index contributed by atoms with van der Waals surface area (Å²) >= 11 is 0. The maximum absolute atomic E-state index is 5.47.